The zero-order valence-corrected chi connectivity index (χ0v) is 18.3. The van der Waals surface area contributed by atoms with Crippen LogP contribution in [0.5, 0.6) is 0 Å². The lowest BCUT2D eigenvalue weighted by atomic mass is 9.92. The molecule has 28 heavy (non-hydrogen) atoms. The summed E-state index contributed by atoms with van der Waals surface area (Å²) in [6.07, 6.45) is 3.06. The maximum atomic E-state index is 12.8. The van der Waals surface area contributed by atoms with E-state index in [0.29, 0.717) is 12.1 Å². The van der Waals surface area contributed by atoms with Gasteiger partial charge in [0.25, 0.3) is 0 Å². The van der Waals surface area contributed by atoms with Gasteiger partial charge in [-0.1, -0.05) is 0 Å². The molecule has 2 fully saturated rings. The van der Waals surface area contributed by atoms with Crippen LogP contribution in [-0.2, 0) is 0 Å². The largest absolute Gasteiger partial charge is 0.381 e. The Morgan fingerprint density at radius 1 is 1.14 bits per heavy atom. The number of likely N-dealkylation sites (tertiary alicyclic amines) is 1. The number of nitrogens with one attached hydrogen (secondary N) is 3. The lowest BCUT2D eigenvalue weighted by Gasteiger charge is -2.20. The van der Waals surface area contributed by atoms with E-state index in [1.54, 1.807) is 0 Å². The molecule has 7 heteroatoms. The van der Waals surface area contributed by atoms with Gasteiger partial charge in [-0.05, 0) is 70.5 Å². The van der Waals surface area contributed by atoms with Crippen LogP contribution in [0, 0.1) is 5.92 Å². The number of Topliss-reactive ketones (excluding diaryl/α,β-unsaturated/α-hetero) is 1. The Balaban J connectivity index is 0.00000140. The zero-order valence-electron chi connectivity index (χ0n) is 16.7. The van der Waals surface area contributed by atoms with Gasteiger partial charge in [0.1, 0.15) is 0 Å². The summed E-state index contributed by atoms with van der Waals surface area (Å²) in [5, 5.41) is 8.11. The fraction of sp³-hybridized carbons (Fsp3) is 0.571. The van der Waals surface area contributed by atoms with Gasteiger partial charge in [-0.25, -0.2) is 0 Å². The first-order valence-electron chi connectivity index (χ1n) is 9.98. The van der Waals surface area contributed by atoms with Crippen LogP contribution in [0.4, 0.5) is 5.69 Å². The number of carbonyl (C=O) groups excluding carboxylic acids is 1. The fourth-order valence-electron chi connectivity index (χ4n) is 4.27. The van der Waals surface area contributed by atoms with E-state index in [0.717, 1.165) is 61.3 Å². The van der Waals surface area contributed by atoms with Gasteiger partial charge in [-0.3, -0.25) is 9.69 Å². The molecule has 0 bridgehead atoms. The molecule has 2 aliphatic heterocycles. The molecule has 4 rings (SSSR count). The maximum Gasteiger partial charge on any atom is 0.182 e. The van der Waals surface area contributed by atoms with Gasteiger partial charge in [0.2, 0.25) is 0 Å². The Morgan fingerprint density at radius 2 is 1.89 bits per heavy atom. The van der Waals surface area contributed by atoms with E-state index in [-0.39, 0.29) is 36.5 Å². The minimum Gasteiger partial charge on any atom is -0.381 e. The average molecular weight is 427 g/mol. The van der Waals surface area contributed by atoms with E-state index in [4.69, 9.17) is 0 Å². The summed E-state index contributed by atoms with van der Waals surface area (Å²) < 4.78 is 0. The monoisotopic (exact) mass is 426 g/mol. The standard InChI is InChI=1S/C21H30N4O.2ClH/c1-14(2)25-10-7-18(13-25)23-17-3-4-19-16(11-17)12-20(24-19)21(26)15-5-8-22-9-6-15;;/h3-4,11-12,14-15,18,22-24H,5-10,13H2,1-2H3;2*1H. The minimum atomic E-state index is 0. The summed E-state index contributed by atoms with van der Waals surface area (Å²) >= 11 is 0. The Morgan fingerprint density at radius 3 is 2.57 bits per heavy atom. The van der Waals surface area contributed by atoms with Crippen LogP contribution in [0.2, 0.25) is 0 Å². The highest BCUT2D eigenvalue weighted by atomic mass is 35.5. The van der Waals surface area contributed by atoms with Crippen molar-refractivity contribution in [3.63, 3.8) is 0 Å². The molecular weight excluding hydrogens is 395 g/mol. The van der Waals surface area contributed by atoms with Crippen LogP contribution in [0.25, 0.3) is 10.9 Å². The third kappa shape index (κ3) is 5.01. The lowest BCUT2D eigenvalue weighted by molar-refractivity contribution is 0.0890. The van der Waals surface area contributed by atoms with Crippen LogP contribution >= 0.6 is 24.8 Å². The number of hydrogen-bond acceptors (Lipinski definition) is 4. The molecule has 156 valence electrons. The Kier molecular flexibility index (Phi) is 8.19. The number of H-pyrrole nitrogens is 1. The molecular formula is C21H32Cl2N4O. The first kappa shape index (κ1) is 23.0. The predicted molar refractivity (Wildman–Crippen MR) is 121 cm³/mol. The highest BCUT2D eigenvalue weighted by Gasteiger charge is 2.25. The SMILES string of the molecule is CC(C)N1CCC(Nc2ccc3[nH]c(C(=O)C4CCNCC4)cc3c2)C1.Cl.Cl. The smallest absolute Gasteiger partial charge is 0.182 e. The van der Waals surface area contributed by atoms with Crippen molar-refractivity contribution >= 4 is 47.2 Å². The van der Waals surface area contributed by atoms with Gasteiger partial charge in [0.05, 0.1) is 5.69 Å². The summed E-state index contributed by atoms with van der Waals surface area (Å²) in [5.74, 6) is 0.419. The van der Waals surface area contributed by atoms with E-state index < -0.39 is 0 Å². The van der Waals surface area contributed by atoms with Crippen molar-refractivity contribution < 1.29 is 4.79 Å². The molecule has 0 saturated carbocycles. The number of aromatic nitrogens is 1. The predicted octanol–water partition coefficient (Wildman–Crippen LogP) is 4.09. The second-order valence-electron chi connectivity index (χ2n) is 8.09. The average Bonchev–Trinajstić information content (AvgIpc) is 3.28. The summed E-state index contributed by atoms with van der Waals surface area (Å²) in [6.45, 7) is 8.67. The quantitative estimate of drug-likeness (QED) is 0.630. The maximum absolute atomic E-state index is 12.8. The zero-order chi connectivity index (χ0) is 18.1. The second-order valence-corrected chi connectivity index (χ2v) is 8.09. The first-order chi connectivity index (χ1) is 12.6. The van der Waals surface area contributed by atoms with Crippen molar-refractivity contribution in [2.24, 2.45) is 5.92 Å². The molecule has 0 radical (unpaired) electrons. The van der Waals surface area contributed by atoms with Crippen molar-refractivity contribution in [1.29, 1.82) is 0 Å². The molecule has 3 N–H and O–H groups in total. The Labute approximate surface area is 179 Å². The van der Waals surface area contributed by atoms with Crippen molar-refractivity contribution in [2.45, 2.75) is 45.2 Å². The fourth-order valence-corrected chi connectivity index (χ4v) is 4.27. The minimum absolute atomic E-state index is 0. The number of hydrogen-bond donors (Lipinski definition) is 3. The molecule has 1 aromatic heterocycles. The molecule has 1 atom stereocenters. The topological polar surface area (TPSA) is 60.2 Å². The number of rotatable bonds is 5. The summed E-state index contributed by atoms with van der Waals surface area (Å²) in [6, 6.07) is 9.52. The van der Waals surface area contributed by atoms with Gasteiger partial charge < -0.3 is 15.6 Å². The third-order valence-corrected chi connectivity index (χ3v) is 5.92. The van der Waals surface area contributed by atoms with Crippen molar-refractivity contribution in [3.05, 3.63) is 30.0 Å². The van der Waals surface area contributed by atoms with E-state index in [1.807, 2.05) is 6.07 Å². The summed E-state index contributed by atoms with van der Waals surface area (Å²) in [5.41, 5.74) is 2.95. The number of halogens is 2. The summed E-state index contributed by atoms with van der Waals surface area (Å²) in [4.78, 5) is 18.6. The molecule has 1 aromatic carbocycles. The molecule has 0 aliphatic carbocycles. The molecule has 5 nitrogen and oxygen atoms in total. The van der Waals surface area contributed by atoms with E-state index >= 15 is 0 Å². The lowest BCUT2D eigenvalue weighted by Crippen LogP contribution is -2.32. The van der Waals surface area contributed by atoms with Crippen LogP contribution < -0.4 is 10.6 Å². The number of aromatic amines is 1. The Hall–Kier alpha value is -1.27. The molecule has 2 saturated heterocycles. The van der Waals surface area contributed by atoms with Gasteiger partial charge in [0.15, 0.2) is 5.78 Å². The number of piperidine rings is 1. The third-order valence-electron chi connectivity index (χ3n) is 5.92. The van der Waals surface area contributed by atoms with E-state index in [1.165, 1.54) is 6.42 Å². The van der Waals surface area contributed by atoms with Crippen molar-refractivity contribution in [1.82, 2.24) is 15.2 Å². The van der Waals surface area contributed by atoms with Gasteiger partial charge in [-0.2, -0.15) is 0 Å². The molecule has 3 heterocycles. The number of ketones is 1. The van der Waals surface area contributed by atoms with Crippen molar-refractivity contribution in [2.75, 3.05) is 31.5 Å². The number of anilines is 1. The second kappa shape index (κ2) is 9.97. The van der Waals surface area contributed by atoms with Crippen molar-refractivity contribution in [3.8, 4) is 0 Å². The number of benzene rings is 1. The van der Waals surface area contributed by atoms with Gasteiger partial charge in [0, 0.05) is 47.7 Å². The number of carbonyl (C=O) groups is 1. The number of nitrogens with zero attached hydrogens (tertiary/aromatic N) is 1. The van der Waals surface area contributed by atoms with Crippen LogP contribution in [0.3, 0.4) is 0 Å². The highest BCUT2D eigenvalue weighted by Crippen LogP contribution is 2.25. The highest BCUT2D eigenvalue weighted by molar-refractivity contribution is 6.01. The van der Waals surface area contributed by atoms with Gasteiger partial charge in [-0.15, -0.1) is 24.8 Å². The first-order valence-corrected chi connectivity index (χ1v) is 9.98. The van der Waals surface area contributed by atoms with Crippen LogP contribution in [0.1, 0.15) is 43.6 Å². The van der Waals surface area contributed by atoms with Crippen LogP contribution in [0.15, 0.2) is 24.3 Å². The molecule has 2 aromatic rings. The van der Waals surface area contributed by atoms with Gasteiger partial charge >= 0.3 is 0 Å². The van der Waals surface area contributed by atoms with E-state index in [9.17, 15) is 4.79 Å². The number of fused-ring (bicyclic) bond motifs is 1. The normalized spacial score (nSPS) is 20.8. The molecule has 0 amide bonds. The summed E-state index contributed by atoms with van der Waals surface area (Å²) in [7, 11) is 0. The van der Waals surface area contributed by atoms with Crippen LogP contribution in [-0.4, -0.2) is 53.9 Å². The molecule has 2 aliphatic rings. The molecule has 0 spiro atoms. The molecule has 1 unspecified atom stereocenters. The van der Waals surface area contributed by atoms with E-state index in [2.05, 4.69) is 52.6 Å². The Bertz CT molecular complexity index is 786.